The second-order valence-corrected chi connectivity index (χ2v) is 7.58. The van der Waals surface area contributed by atoms with E-state index in [0.29, 0.717) is 10.4 Å². The summed E-state index contributed by atoms with van der Waals surface area (Å²) in [6.45, 7) is 13.3. The lowest BCUT2D eigenvalue weighted by atomic mass is 9.81. The van der Waals surface area contributed by atoms with Crippen LogP contribution in [0.2, 0.25) is 0 Å². The fourth-order valence-corrected chi connectivity index (χ4v) is 3.01. The molecule has 0 fully saturated rings. The van der Waals surface area contributed by atoms with E-state index in [1.165, 1.54) is 0 Å². The molecule has 0 radical (unpaired) electrons. The van der Waals surface area contributed by atoms with Gasteiger partial charge in [-0.3, -0.25) is 0 Å². The van der Waals surface area contributed by atoms with Crippen molar-refractivity contribution in [3.05, 3.63) is 29.3 Å². The molecular formula is C16H26N2S. The zero-order valence-corrected chi connectivity index (χ0v) is 13.7. The lowest BCUT2D eigenvalue weighted by Gasteiger charge is -2.34. The molecule has 0 aliphatic heterocycles. The van der Waals surface area contributed by atoms with Gasteiger partial charge in [0.2, 0.25) is 0 Å². The summed E-state index contributed by atoms with van der Waals surface area (Å²) < 4.78 is 0. The molecule has 0 heterocycles. The third-order valence-corrected chi connectivity index (χ3v) is 3.17. The van der Waals surface area contributed by atoms with Crippen molar-refractivity contribution in [2.24, 2.45) is 11.1 Å². The van der Waals surface area contributed by atoms with Gasteiger partial charge in [-0.25, -0.2) is 0 Å². The van der Waals surface area contributed by atoms with E-state index in [0.717, 1.165) is 23.2 Å². The Labute approximate surface area is 122 Å². The smallest absolute Gasteiger partial charge is 0.104 e. The summed E-state index contributed by atoms with van der Waals surface area (Å²) in [5, 5.41) is 3.60. The molecule has 0 aliphatic rings. The van der Waals surface area contributed by atoms with Gasteiger partial charge < -0.3 is 11.1 Å². The van der Waals surface area contributed by atoms with Crippen LogP contribution in [0.15, 0.2) is 18.2 Å². The minimum Gasteiger partial charge on any atom is -0.389 e. The molecule has 0 saturated heterocycles. The average Bonchev–Trinajstić information content (AvgIpc) is 2.11. The molecule has 2 nitrogen and oxygen atoms in total. The van der Waals surface area contributed by atoms with Crippen molar-refractivity contribution in [3.63, 3.8) is 0 Å². The maximum Gasteiger partial charge on any atom is 0.104 e. The molecule has 1 rings (SSSR count). The number of anilines is 1. The molecule has 106 valence electrons. The standard InChI is InChI=1S/C16H26N2S/c1-11-9-12(7-8-13(11)14(17)19)18-16(5,6)10-15(2,3)4/h7-9,18H,10H2,1-6H3,(H2,17,19). The minimum absolute atomic E-state index is 0.0510. The fourth-order valence-electron chi connectivity index (χ4n) is 2.78. The minimum atomic E-state index is 0.0510. The van der Waals surface area contributed by atoms with Crippen molar-refractivity contribution in [2.75, 3.05) is 5.32 Å². The Kier molecular flexibility index (Phi) is 4.62. The van der Waals surface area contributed by atoms with Crippen molar-refractivity contribution >= 4 is 22.9 Å². The Hall–Kier alpha value is -1.09. The zero-order valence-electron chi connectivity index (χ0n) is 12.9. The quantitative estimate of drug-likeness (QED) is 0.808. The number of hydrogen-bond acceptors (Lipinski definition) is 2. The molecule has 0 aliphatic carbocycles. The van der Waals surface area contributed by atoms with Gasteiger partial charge >= 0.3 is 0 Å². The van der Waals surface area contributed by atoms with Crippen molar-refractivity contribution in [2.45, 2.75) is 53.5 Å². The van der Waals surface area contributed by atoms with Gasteiger partial charge in [0.1, 0.15) is 4.99 Å². The Bertz CT molecular complexity index is 470. The first-order valence-electron chi connectivity index (χ1n) is 6.69. The molecule has 0 atom stereocenters. The van der Waals surface area contributed by atoms with Crippen LogP contribution in [-0.2, 0) is 0 Å². The number of benzene rings is 1. The summed E-state index contributed by atoms with van der Waals surface area (Å²) in [7, 11) is 0. The zero-order chi connectivity index (χ0) is 14.8. The molecule has 1 aromatic rings. The summed E-state index contributed by atoms with van der Waals surface area (Å²) >= 11 is 5.03. The highest BCUT2D eigenvalue weighted by atomic mass is 32.1. The largest absolute Gasteiger partial charge is 0.389 e. The third kappa shape index (κ3) is 5.19. The summed E-state index contributed by atoms with van der Waals surface area (Å²) in [4.78, 5) is 0.456. The number of thiocarbonyl (C=S) groups is 1. The molecule has 0 saturated carbocycles. The molecule has 0 amide bonds. The van der Waals surface area contributed by atoms with E-state index < -0.39 is 0 Å². The van der Waals surface area contributed by atoms with Crippen LogP contribution in [0.25, 0.3) is 0 Å². The van der Waals surface area contributed by atoms with Crippen molar-refractivity contribution in [1.29, 1.82) is 0 Å². The van der Waals surface area contributed by atoms with E-state index in [2.05, 4.69) is 46.0 Å². The Morgan fingerprint density at radius 3 is 2.21 bits per heavy atom. The van der Waals surface area contributed by atoms with Crippen LogP contribution >= 0.6 is 12.2 Å². The second-order valence-electron chi connectivity index (χ2n) is 7.14. The van der Waals surface area contributed by atoms with E-state index in [1.54, 1.807) is 0 Å². The first-order valence-corrected chi connectivity index (χ1v) is 7.10. The highest BCUT2D eigenvalue weighted by Gasteiger charge is 2.25. The fraction of sp³-hybridized carbons (Fsp3) is 0.562. The Balaban J connectivity index is 2.88. The summed E-state index contributed by atoms with van der Waals surface area (Å²) in [6, 6.07) is 6.15. The van der Waals surface area contributed by atoms with Gasteiger partial charge in [0, 0.05) is 16.8 Å². The van der Waals surface area contributed by atoms with Gasteiger partial charge in [0.15, 0.2) is 0 Å². The van der Waals surface area contributed by atoms with Crippen LogP contribution in [0, 0.1) is 12.3 Å². The second kappa shape index (κ2) is 5.49. The van der Waals surface area contributed by atoms with E-state index in [-0.39, 0.29) is 5.54 Å². The summed E-state index contributed by atoms with van der Waals surface area (Å²) in [6.07, 6.45) is 1.09. The molecule has 0 spiro atoms. The molecule has 3 N–H and O–H groups in total. The van der Waals surface area contributed by atoms with Gasteiger partial charge in [-0.15, -0.1) is 0 Å². The Morgan fingerprint density at radius 2 is 1.79 bits per heavy atom. The first kappa shape index (κ1) is 16.0. The van der Waals surface area contributed by atoms with Crippen LogP contribution in [-0.4, -0.2) is 10.5 Å². The molecule has 19 heavy (non-hydrogen) atoms. The molecule has 0 bridgehead atoms. The molecule has 0 unspecified atom stereocenters. The number of rotatable bonds is 4. The number of aryl methyl sites for hydroxylation is 1. The number of hydrogen-bond donors (Lipinski definition) is 2. The average molecular weight is 278 g/mol. The van der Waals surface area contributed by atoms with Crippen LogP contribution in [0.1, 0.15) is 52.2 Å². The van der Waals surface area contributed by atoms with Crippen molar-refractivity contribution in [3.8, 4) is 0 Å². The normalized spacial score (nSPS) is 12.3. The van der Waals surface area contributed by atoms with Crippen molar-refractivity contribution in [1.82, 2.24) is 0 Å². The van der Waals surface area contributed by atoms with Gasteiger partial charge in [0.25, 0.3) is 0 Å². The van der Waals surface area contributed by atoms with Crippen molar-refractivity contribution < 1.29 is 0 Å². The first-order chi connectivity index (χ1) is 8.50. The topological polar surface area (TPSA) is 38.0 Å². The molecule has 1 aromatic carbocycles. The maximum atomic E-state index is 5.69. The molecule has 0 aromatic heterocycles. The van der Waals surface area contributed by atoms with Gasteiger partial charge in [-0.1, -0.05) is 33.0 Å². The summed E-state index contributed by atoms with van der Waals surface area (Å²) in [5.41, 5.74) is 9.22. The SMILES string of the molecule is Cc1cc(NC(C)(C)CC(C)(C)C)ccc1C(N)=S. The highest BCUT2D eigenvalue weighted by Crippen LogP contribution is 2.30. The monoisotopic (exact) mass is 278 g/mol. The van der Waals surface area contributed by atoms with E-state index in [1.807, 2.05) is 19.1 Å². The van der Waals surface area contributed by atoms with Crippen LogP contribution in [0.5, 0.6) is 0 Å². The third-order valence-electron chi connectivity index (χ3n) is 2.95. The maximum absolute atomic E-state index is 5.69. The van der Waals surface area contributed by atoms with Gasteiger partial charge in [-0.2, -0.15) is 0 Å². The molecular weight excluding hydrogens is 252 g/mol. The predicted molar refractivity (Wildman–Crippen MR) is 88.8 cm³/mol. The predicted octanol–water partition coefficient (Wildman–Crippen LogP) is 4.26. The Morgan fingerprint density at radius 1 is 1.21 bits per heavy atom. The summed E-state index contributed by atoms with van der Waals surface area (Å²) in [5.74, 6) is 0. The van der Waals surface area contributed by atoms with E-state index >= 15 is 0 Å². The molecule has 3 heteroatoms. The van der Waals surface area contributed by atoms with Gasteiger partial charge in [0.05, 0.1) is 0 Å². The van der Waals surface area contributed by atoms with E-state index in [9.17, 15) is 0 Å². The van der Waals surface area contributed by atoms with E-state index in [4.69, 9.17) is 18.0 Å². The highest BCUT2D eigenvalue weighted by molar-refractivity contribution is 7.80. The lowest BCUT2D eigenvalue weighted by molar-refractivity contribution is 0.302. The lowest BCUT2D eigenvalue weighted by Crippen LogP contribution is -2.35. The van der Waals surface area contributed by atoms with Crippen LogP contribution in [0.4, 0.5) is 5.69 Å². The number of nitrogens with two attached hydrogens (primary N) is 1. The van der Waals surface area contributed by atoms with Crippen LogP contribution < -0.4 is 11.1 Å². The van der Waals surface area contributed by atoms with Gasteiger partial charge in [-0.05, 0) is 56.4 Å². The number of nitrogens with one attached hydrogen (secondary N) is 1. The van der Waals surface area contributed by atoms with Crippen LogP contribution in [0.3, 0.4) is 0 Å².